The molecule has 0 saturated heterocycles. The largest absolute Gasteiger partial charge is 0.411 e. The van der Waals surface area contributed by atoms with Gasteiger partial charge in [0.05, 0.1) is 11.4 Å². The maximum atomic E-state index is 11.4. The Balaban J connectivity index is 2.91. The van der Waals surface area contributed by atoms with E-state index in [1.54, 1.807) is 25.1 Å². The molecule has 0 heterocycles. The number of amides is 2. The fraction of sp³-hybridized carbons (Fsp3) is 0.273. The Hall–Kier alpha value is -2.04. The lowest BCUT2D eigenvalue weighted by Gasteiger charge is -2.10. The summed E-state index contributed by atoms with van der Waals surface area (Å²) in [4.78, 5) is 11.4. The SMILES string of the molecule is CCNC(=O)Nc1ccccc1/C(C)=N/O. The molecular formula is C11H15N3O2. The topological polar surface area (TPSA) is 73.7 Å². The van der Waals surface area contributed by atoms with Crippen molar-refractivity contribution in [2.45, 2.75) is 13.8 Å². The molecule has 0 saturated carbocycles. The van der Waals surface area contributed by atoms with Crippen molar-refractivity contribution in [3.05, 3.63) is 29.8 Å². The molecular weight excluding hydrogens is 206 g/mol. The summed E-state index contributed by atoms with van der Waals surface area (Å²) < 4.78 is 0. The molecule has 0 aliphatic heterocycles. The van der Waals surface area contributed by atoms with Crippen molar-refractivity contribution in [1.82, 2.24) is 5.32 Å². The van der Waals surface area contributed by atoms with Gasteiger partial charge in [0.25, 0.3) is 0 Å². The Morgan fingerprint density at radius 2 is 2.12 bits per heavy atom. The smallest absolute Gasteiger partial charge is 0.319 e. The summed E-state index contributed by atoms with van der Waals surface area (Å²) in [6.45, 7) is 4.06. The molecule has 1 rings (SSSR count). The van der Waals surface area contributed by atoms with Crippen LogP contribution in [0.1, 0.15) is 19.4 Å². The first-order valence-corrected chi connectivity index (χ1v) is 5.02. The first-order valence-electron chi connectivity index (χ1n) is 5.02. The van der Waals surface area contributed by atoms with Gasteiger partial charge in [-0.2, -0.15) is 0 Å². The summed E-state index contributed by atoms with van der Waals surface area (Å²) in [6.07, 6.45) is 0. The minimum atomic E-state index is -0.277. The second-order valence-electron chi connectivity index (χ2n) is 3.22. The van der Waals surface area contributed by atoms with E-state index < -0.39 is 0 Å². The standard InChI is InChI=1S/C11H15N3O2/c1-3-12-11(15)13-10-7-5-4-6-9(10)8(2)14-16/h4-7,16H,3H2,1-2H3,(H2,12,13,15)/b14-8+. The van der Waals surface area contributed by atoms with Gasteiger partial charge in [0.2, 0.25) is 0 Å². The maximum Gasteiger partial charge on any atom is 0.319 e. The number of oxime groups is 1. The number of nitrogens with zero attached hydrogens (tertiary/aromatic N) is 1. The predicted octanol–water partition coefficient (Wildman–Crippen LogP) is 2.03. The predicted molar refractivity (Wildman–Crippen MR) is 63.1 cm³/mol. The zero-order valence-electron chi connectivity index (χ0n) is 9.32. The van der Waals surface area contributed by atoms with Crippen LogP contribution < -0.4 is 10.6 Å². The van der Waals surface area contributed by atoms with Gasteiger partial charge in [-0.1, -0.05) is 23.4 Å². The van der Waals surface area contributed by atoms with E-state index in [-0.39, 0.29) is 6.03 Å². The minimum absolute atomic E-state index is 0.277. The number of carbonyl (C=O) groups is 1. The van der Waals surface area contributed by atoms with E-state index in [1.165, 1.54) is 0 Å². The van der Waals surface area contributed by atoms with E-state index in [1.807, 2.05) is 13.0 Å². The van der Waals surface area contributed by atoms with Crippen LogP contribution in [0.3, 0.4) is 0 Å². The van der Waals surface area contributed by atoms with E-state index in [2.05, 4.69) is 15.8 Å². The first-order chi connectivity index (χ1) is 7.69. The van der Waals surface area contributed by atoms with Crippen LogP contribution in [-0.2, 0) is 0 Å². The van der Waals surface area contributed by atoms with Crippen LogP contribution in [0.25, 0.3) is 0 Å². The van der Waals surface area contributed by atoms with Crippen LogP contribution in [-0.4, -0.2) is 23.5 Å². The third-order valence-electron chi connectivity index (χ3n) is 2.05. The number of carbonyl (C=O) groups excluding carboxylic acids is 1. The van der Waals surface area contributed by atoms with Gasteiger partial charge >= 0.3 is 6.03 Å². The average molecular weight is 221 g/mol. The number of nitrogens with one attached hydrogen (secondary N) is 2. The lowest BCUT2D eigenvalue weighted by molar-refractivity contribution is 0.252. The summed E-state index contributed by atoms with van der Waals surface area (Å²) in [5.74, 6) is 0. The Bertz CT molecular complexity index is 402. The quantitative estimate of drug-likeness (QED) is 0.415. The van der Waals surface area contributed by atoms with Gasteiger partial charge in [0, 0.05) is 12.1 Å². The molecule has 0 unspecified atom stereocenters. The van der Waals surface area contributed by atoms with Crippen molar-refractivity contribution in [3.63, 3.8) is 0 Å². The fourth-order valence-electron chi connectivity index (χ4n) is 1.29. The van der Waals surface area contributed by atoms with Crippen molar-refractivity contribution in [1.29, 1.82) is 0 Å². The lowest BCUT2D eigenvalue weighted by Crippen LogP contribution is -2.28. The zero-order valence-corrected chi connectivity index (χ0v) is 9.32. The molecule has 3 N–H and O–H groups in total. The van der Waals surface area contributed by atoms with Gasteiger partial charge in [0.15, 0.2) is 0 Å². The minimum Gasteiger partial charge on any atom is -0.411 e. The summed E-state index contributed by atoms with van der Waals surface area (Å²) in [5.41, 5.74) is 1.76. The fourth-order valence-corrected chi connectivity index (χ4v) is 1.29. The third kappa shape index (κ3) is 2.98. The normalized spacial score (nSPS) is 11.0. The van der Waals surface area contributed by atoms with E-state index in [0.717, 1.165) is 0 Å². The molecule has 5 nitrogen and oxygen atoms in total. The molecule has 0 spiro atoms. The molecule has 0 radical (unpaired) electrons. The molecule has 0 aromatic heterocycles. The van der Waals surface area contributed by atoms with Crippen molar-refractivity contribution < 1.29 is 10.0 Å². The zero-order chi connectivity index (χ0) is 12.0. The van der Waals surface area contributed by atoms with Crippen LogP contribution in [0.15, 0.2) is 29.4 Å². The van der Waals surface area contributed by atoms with Gasteiger partial charge in [-0.25, -0.2) is 4.79 Å². The van der Waals surface area contributed by atoms with Gasteiger partial charge in [-0.3, -0.25) is 0 Å². The molecule has 5 heteroatoms. The average Bonchev–Trinajstić information content (AvgIpc) is 2.29. The highest BCUT2D eigenvalue weighted by Crippen LogP contribution is 2.15. The number of hydrogen-bond donors (Lipinski definition) is 3. The molecule has 1 aromatic carbocycles. The summed E-state index contributed by atoms with van der Waals surface area (Å²) in [7, 11) is 0. The highest BCUT2D eigenvalue weighted by atomic mass is 16.4. The third-order valence-corrected chi connectivity index (χ3v) is 2.05. The number of urea groups is 1. The second-order valence-corrected chi connectivity index (χ2v) is 3.22. The van der Waals surface area contributed by atoms with Gasteiger partial charge in [0.1, 0.15) is 0 Å². The Morgan fingerprint density at radius 1 is 1.44 bits per heavy atom. The first kappa shape index (κ1) is 12.0. The number of para-hydroxylation sites is 1. The molecule has 86 valence electrons. The van der Waals surface area contributed by atoms with E-state index in [9.17, 15) is 4.79 Å². The van der Waals surface area contributed by atoms with Crippen LogP contribution in [0.4, 0.5) is 10.5 Å². The molecule has 0 aliphatic rings. The Kier molecular flexibility index (Phi) is 4.32. The highest BCUT2D eigenvalue weighted by Gasteiger charge is 2.07. The monoisotopic (exact) mass is 221 g/mol. The van der Waals surface area contributed by atoms with Gasteiger partial charge < -0.3 is 15.8 Å². The van der Waals surface area contributed by atoms with E-state index in [0.29, 0.717) is 23.5 Å². The van der Waals surface area contributed by atoms with Crippen LogP contribution in [0.5, 0.6) is 0 Å². The summed E-state index contributed by atoms with van der Waals surface area (Å²) >= 11 is 0. The molecule has 0 bridgehead atoms. The number of anilines is 1. The molecule has 1 aromatic rings. The van der Waals surface area contributed by atoms with Crippen molar-refractivity contribution in [2.24, 2.45) is 5.16 Å². The van der Waals surface area contributed by atoms with Gasteiger partial charge in [-0.15, -0.1) is 0 Å². The number of rotatable bonds is 3. The molecule has 2 amide bonds. The van der Waals surface area contributed by atoms with Gasteiger partial charge in [-0.05, 0) is 19.9 Å². The second kappa shape index (κ2) is 5.75. The summed E-state index contributed by atoms with van der Waals surface area (Å²) in [6, 6.07) is 6.86. The van der Waals surface area contributed by atoms with Crippen molar-refractivity contribution in [3.8, 4) is 0 Å². The molecule has 16 heavy (non-hydrogen) atoms. The number of benzene rings is 1. The highest BCUT2D eigenvalue weighted by molar-refractivity contribution is 6.05. The van der Waals surface area contributed by atoms with Crippen LogP contribution in [0, 0.1) is 0 Å². The lowest BCUT2D eigenvalue weighted by atomic mass is 10.1. The molecule has 0 atom stereocenters. The number of hydrogen-bond acceptors (Lipinski definition) is 3. The van der Waals surface area contributed by atoms with Crippen LogP contribution >= 0.6 is 0 Å². The van der Waals surface area contributed by atoms with Crippen molar-refractivity contribution in [2.75, 3.05) is 11.9 Å². The Morgan fingerprint density at radius 3 is 2.75 bits per heavy atom. The molecule has 0 aliphatic carbocycles. The maximum absolute atomic E-state index is 11.4. The Labute approximate surface area is 94.2 Å². The summed E-state index contributed by atoms with van der Waals surface area (Å²) in [5, 5.41) is 17.1. The van der Waals surface area contributed by atoms with E-state index >= 15 is 0 Å². The van der Waals surface area contributed by atoms with Crippen molar-refractivity contribution >= 4 is 17.4 Å². The van der Waals surface area contributed by atoms with E-state index in [4.69, 9.17) is 5.21 Å². The molecule has 0 fully saturated rings. The van der Waals surface area contributed by atoms with Crippen LogP contribution in [0.2, 0.25) is 0 Å².